The molecule has 2 aliphatic rings. The van der Waals surface area contributed by atoms with E-state index in [2.05, 4.69) is 16.0 Å². The maximum Gasteiger partial charge on any atom is 0.222 e. The van der Waals surface area contributed by atoms with Crippen LogP contribution in [0.5, 0.6) is 0 Å². The van der Waals surface area contributed by atoms with Gasteiger partial charge in [0, 0.05) is 42.2 Å². The second-order valence-electron chi connectivity index (χ2n) is 9.49. The molecule has 7 heteroatoms. The molecule has 0 aliphatic heterocycles. The zero-order valence-electron chi connectivity index (χ0n) is 19.7. The summed E-state index contributed by atoms with van der Waals surface area (Å²) in [7, 11) is 1.65. The molecule has 2 atom stereocenters. The maximum absolute atomic E-state index is 14.2. The third-order valence-electron chi connectivity index (χ3n) is 6.87. The lowest BCUT2D eigenvalue weighted by atomic mass is 9.93. The SMILES string of the molecule is CNC(=O)C1CCCCCc2cc(Nc3ccc(F)c(NC(O)C4CC4)c3)ccc2C(=O)CC1. The highest BCUT2D eigenvalue weighted by atomic mass is 19.1. The predicted octanol–water partition coefficient (Wildman–Crippen LogP) is 5.15. The van der Waals surface area contributed by atoms with Crippen LogP contribution in [0.2, 0.25) is 0 Å². The van der Waals surface area contributed by atoms with Gasteiger partial charge in [0.05, 0.1) is 5.69 Å². The van der Waals surface area contributed by atoms with E-state index in [1.807, 2.05) is 18.2 Å². The van der Waals surface area contributed by atoms with Gasteiger partial charge in [0.1, 0.15) is 12.0 Å². The molecule has 2 aromatic carbocycles. The van der Waals surface area contributed by atoms with Crippen LogP contribution in [0.4, 0.5) is 21.5 Å². The molecular formula is C27H34FN3O3. The van der Waals surface area contributed by atoms with Crippen molar-refractivity contribution in [3.63, 3.8) is 0 Å². The smallest absolute Gasteiger partial charge is 0.222 e. The van der Waals surface area contributed by atoms with E-state index in [1.54, 1.807) is 19.2 Å². The highest BCUT2D eigenvalue weighted by Crippen LogP contribution is 2.34. The number of hydrogen-bond acceptors (Lipinski definition) is 5. The van der Waals surface area contributed by atoms with Gasteiger partial charge in [-0.05, 0) is 80.5 Å². The van der Waals surface area contributed by atoms with E-state index in [0.29, 0.717) is 18.5 Å². The molecule has 0 bridgehead atoms. The van der Waals surface area contributed by atoms with Gasteiger partial charge in [-0.15, -0.1) is 0 Å². The van der Waals surface area contributed by atoms with Gasteiger partial charge in [0.25, 0.3) is 0 Å². The third-order valence-corrected chi connectivity index (χ3v) is 6.87. The second kappa shape index (κ2) is 11.0. The topological polar surface area (TPSA) is 90.5 Å². The minimum Gasteiger partial charge on any atom is -0.374 e. The molecular weight excluding hydrogens is 433 g/mol. The van der Waals surface area contributed by atoms with Crippen LogP contribution in [0.25, 0.3) is 0 Å². The normalized spacial score (nSPS) is 20.0. The van der Waals surface area contributed by atoms with E-state index < -0.39 is 12.0 Å². The van der Waals surface area contributed by atoms with Gasteiger partial charge in [0.15, 0.2) is 5.78 Å². The number of aliphatic hydroxyl groups excluding tert-OH is 1. The van der Waals surface area contributed by atoms with Gasteiger partial charge in [-0.1, -0.05) is 12.8 Å². The van der Waals surface area contributed by atoms with Crippen LogP contribution in [0.1, 0.15) is 67.3 Å². The molecule has 182 valence electrons. The number of carbonyl (C=O) groups is 2. The number of carbonyl (C=O) groups excluding carboxylic acids is 2. The molecule has 0 spiro atoms. The number of aryl methyl sites for hydroxylation is 1. The lowest BCUT2D eigenvalue weighted by molar-refractivity contribution is -0.124. The molecule has 4 rings (SSSR count). The average Bonchev–Trinajstić information content (AvgIpc) is 3.67. The minimum atomic E-state index is -0.743. The molecule has 0 aromatic heterocycles. The van der Waals surface area contributed by atoms with Gasteiger partial charge < -0.3 is 21.1 Å². The molecule has 1 saturated carbocycles. The molecule has 34 heavy (non-hydrogen) atoms. The first-order chi connectivity index (χ1) is 16.4. The quantitative estimate of drug-likeness (QED) is 0.441. The van der Waals surface area contributed by atoms with E-state index >= 15 is 0 Å². The number of aliphatic hydroxyl groups is 1. The summed E-state index contributed by atoms with van der Waals surface area (Å²) in [6.45, 7) is 0. The molecule has 6 nitrogen and oxygen atoms in total. The summed E-state index contributed by atoms with van der Waals surface area (Å²) in [5.41, 5.74) is 3.50. The van der Waals surface area contributed by atoms with Crippen molar-refractivity contribution in [3.05, 3.63) is 53.3 Å². The Morgan fingerprint density at radius 1 is 1.00 bits per heavy atom. The molecule has 1 fully saturated rings. The van der Waals surface area contributed by atoms with Crippen LogP contribution in [0.3, 0.4) is 0 Å². The maximum atomic E-state index is 14.2. The Morgan fingerprint density at radius 3 is 2.53 bits per heavy atom. The van der Waals surface area contributed by atoms with Crippen molar-refractivity contribution >= 4 is 28.8 Å². The fraction of sp³-hybridized carbons (Fsp3) is 0.481. The van der Waals surface area contributed by atoms with Crippen LogP contribution >= 0.6 is 0 Å². The Kier molecular flexibility index (Phi) is 7.83. The number of rotatable bonds is 6. The number of halogens is 1. The van der Waals surface area contributed by atoms with E-state index in [-0.39, 0.29) is 29.2 Å². The van der Waals surface area contributed by atoms with Crippen LogP contribution in [-0.2, 0) is 11.2 Å². The number of amides is 1. The van der Waals surface area contributed by atoms with Crippen LogP contribution < -0.4 is 16.0 Å². The molecule has 0 saturated heterocycles. The standard InChI is InChI=1S/C27H34FN3O3/c1-29-26(33)17-5-3-2-4-6-19-15-20(10-12-22(19)25(32)14-9-17)30-21-11-13-23(28)24(16-21)31-27(34)18-7-8-18/h10-13,15-18,27,30-31,34H,2-9,14H2,1H3,(H,29,33). The van der Waals surface area contributed by atoms with Crippen molar-refractivity contribution in [2.45, 2.75) is 64.0 Å². The van der Waals surface area contributed by atoms with Crippen LogP contribution in [0.15, 0.2) is 36.4 Å². The van der Waals surface area contributed by atoms with Crippen molar-refractivity contribution in [3.8, 4) is 0 Å². The first kappa shape index (κ1) is 24.2. The third kappa shape index (κ3) is 6.14. The summed E-state index contributed by atoms with van der Waals surface area (Å²) < 4.78 is 14.2. The highest BCUT2D eigenvalue weighted by molar-refractivity contribution is 5.98. The molecule has 0 heterocycles. The van der Waals surface area contributed by atoms with E-state index in [4.69, 9.17) is 0 Å². The lowest BCUT2D eigenvalue weighted by Crippen LogP contribution is -2.27. The predicted molar refractivity (Wildman–Crippen MR) is 132 cm³/mol. The summed E-state index contributed by atoms with van der Waals surface area (Å²) in [5.74, 6) is -0.251. The Balaban J connectivity index is 1.49. The van der Waals surface area contributed by atoms with Gasteiger partial charge in [-0.2, -0.15) is 0 Å². The first-order valence-electron chi connectivity index (χ1n) is 12.3. The molecule has 2 aliphatic carbocycles. The minimum absolute atomic E-state index is 0.0182. The van der Waals surface area contributed by atoms with Gasteiger partial charge in [0.2, 0.25) is 5.91 Å². The Bertz CT molecular complexity index is 1040. The zero-order chi connectivity index (χ0) is 24.1. The number of fused-ring (bicyclic) bond motifs is 1. The van der Waals surface area contributed by atoms with E-state index in [9.17, 15) is 19.1 Å². The largest absolute Gasteiger partial charge is 0.374 e. The fourth-order valence-corrected chi connectivity index (χ4v) is 4.65. The summed E-state index contributed by atoms with van der Waals surface area (Å²) in [6.07, 6.45) is 6.62. The molecule has 1 amide bonds. The molecule has 4 N–H and O–H groups in total. The molecule has 0 radical (unpaired) electrons. The first-order valence-corrected chi connectivity index (χ1v) is 12.3. The van der Waals surface area contributed by atoms with Crippen LogP contribution in [-0.4, -0.2) is 30.1 Å². The van der Waals surface area contributed by atoms with Crippen molar-refractivity contribution in [1.82, 2.24) is 5.32 Å². The lowest BCUT2D eigenvalue weighted by Gasteiger charge is -2.16. The summed E-state index contributed by atoms with van der Waals surface area (Å²) in [6, 6.07) is 10.4. The highest BCUT2D eigenvalue weighted by Gasteiger charge is 2.30. The Hall–Kier alpha value is -2.93. The summed E-state index contributed by atoms with van der Waals surface area (Å²) in [4.78, 5) is 25.1. The van der Waals surface area contributed by atoms with Gasteiger partial charge in [-0.3, -0.25) is 9.59 Å². The second-order valence-corrected chi connectivity index (χ2v) is 9.49. The van der Waals surface area contributed by atoms with Crippen molar-refractivity contribution < 1.29 is 19.1 Å². The van der Waals surface area contributed by atoms with Crippen molar-refractivity contribution in [2.75, 3.05) is 17.7 Å². The zero-order valence-corrected chi connectivity index (χ0v) is 19.7. The Labute approximate surface area is 200 Å². The Morgan fingerprint density at radius 2 is 1.76 bits per heavy atom. The molecule has 2 aromatic rings. The van der Waals surface area contributed by atoms with Crippen LogP contribution in [0, 0.1) is 17.7 Å². The summed E-state index contributed by atoms with van der Waals surface area (Å²) >= 11 is 0. The number of Topliss-reactive ketones (excluding diaryl/α,β-unsaturated/α-hetero) is 1. The van der Waals surface area contributed by atoms with Crippen molar-refractivity contribution in [1.29, 1.82) is 0 Å². The van der Waals surface area contributed by atoms with E-state index in [1.165, 1.54) is 6.07 Å². The van der Waals surface area contributed by atoms with Gasteiger partial charge in [-0.25, -0.2) is 4.39 Å². The number of benzene rings is 2. The van der Waals surface area contributed by atoms with E-state index in [0.717, 1.165) is 61.8 Å². The number of anilines is 3. The number of nitrogens with one attached hydrogen (secondary N) is 3. The number of hydrogen-bond donors (Lipinski definition) is 4. The monoisotopic (exact) mass is 467 g/mol. The fourth-order valence-electron chi connectivity index (χ4n) is 4.65. The summed E-state index contributed by atoms with van der Waals surface area (Å²) in [5, 5.41) is 19.0. The van der Waals surface area contributed by atoms with Gasteiger partial charge >= 0.3 is 0 Å². The average molecular weight is 468 g/mol. The number of ketones is 1. The molecule has 2 unspecified atom stereocenters. The van der Waals surface area contributed by atoms with Crippen molar-refractivity contribution in [2.24, 2.45) is 11.8 Å².